The van der Waals surface area contributed by atoms with Gasteiger partial charge in [-0.05, 0) is 32.0 Å². The highest BCUT2D eigenvalue weighted by atomic mass is 32.2. The smallest absolute Gasteiger partial charge is 0.253 e. The third kappa shape index (κ3) is 4.80. The summed E-state index contributed by atoms with van der Waals surface area (Å²) in [5.41, 5.74) is 0.369. The van der Waals surface area contributed by atoms with Gasteiger partial charge in [0.15, 0.2) is 0 Å². The third-order valence-corrected chi connectivity index (χ3v) is 4.50. The van der Waals surface area contributed by atoms with Gasteiger partial charge in [-0.2, -0.15) is 0 Å². The topological polar surface area (TPSA) is 75.7 Å². The Kier molecular flexibility index (Phi) is 6.80. The van der Waals surface area contributed by atoms with E-state index in [4.69, 9.17) is 4.74 Å². The van der Waals surface area contributed by atoms with Crippen LogP contribution in [-0.4, -0.2) is 52.6 Å². The van der Waals surface area contributed by atoms with Gasteiger partial charge in [0.25, 0.3) is 5.91 Å². The van der Waals surface area contributed by atoms with Crippen molar-refractivity contribution in [3.05, 3.63) is 29.8 Å². The molecule has 0 bridgehead atoms. The Morgan fingerprint density at radius 1 is 1.29 bits per heavy atom. The second kappa shape index (κ2) is 8.11. The Bertz CT molecular complexity index is 568. The lowest BCUT2D eigenvalue weighted by Gasteiger charge is -2.18. The van der Waals surface area contributed by atoms with Crippen molar-refractivity contribution in [3.63, 3.8) is 0 Å². The molecule has 0 aromatic heterocycles. The highest BCUT2D eigenvalue weighted by Gasteiger charge is 2.17. The maximum absolute atomic E-state index is 12.2. The van der Waals surface area contributed by atoms with Crippen molar-refractivity contribution in [1.82, 2.24) is 9.62 Å². The van der Waals surface area contributed by atoms with Crippen LogP contribution in [-0.2, 0) is 14.8 Å². The summed E-state index contributed by atoms with van der Waals surface area (Å²) in [5.74, 6) is -0.172. The average Bonchev–Trinajstić information content (AvgIpc) is 2.48. The first-order valence-corrected chi connectivity index (χ1v) is 8.32. The molecular weight excluding hydrogens is 292 g/mol. The van der Waals surface area contributed by atoms with Crippen LogP contribution in [0.5, 0.6) is 0 Å². The molecule has 1 N–H and O–H groups in total. The molecule has 1 aromatic rings. The standard InChI is InChI=1S/C14H22N2O4S/c1-4-16(5-2)14(17)12-7-6-8-13(11-12)21(18,19)15-9-10-20-3/h6-8,11,15H,4-5,9-10H2,1-3H3. The second-order valence-electron chi connectivity index (χ2n) is 4.40. The molecule has 7 heteroatoms. The van der Waals surface area contributed by atoms with Crippen molar-refractivity contribution in [2.24, 2.45) is 0 Å². The predicted molar refractivity (Wildman–Crippen MR) is 80.8 cm³/mol. The fourth-order valence-corrected chi connectivity index (χ4v) is 2.91. The largest absolute Gasteiger partial charge is 0.383 e. The minimum atomic E-state index is -3.63. The molecule has 0 heterocycles. The summed E-state index contributed by atoms with van der Waals surface area (Å²) in [6.45, 7) is 5.41. The van der Waals surface area contributed by atoms with Gasteiger partial charge in [-0.25, -0.2) is 13.1 Å². The zero-order chi connectivity index (χ0) is 15.9. The van der Waals surface area contributed by atoms with E-state index in [1.807, 2.05) is 13.8 Å². The van der Waals surface area contributed by atoms with Gasteiger partial charge in [-0.15, -0.1) is 0 Å². The Morgan fingerprint density at radius 2 is 1.95 bits per heavy atom. The number of amides is 1. The van der Waals surface area contributed by atoms with Crippen molar-refractivity contribution in [2.75, 3.05) is 33.4 Å². The van der Waals surface area contributed by atoms with Gasteiger partial charge in [0.2, 0.25) is 10.0 Å². The van der Waals surface area contributed by atoms with E-state index >= 15 is 0 Å². The average molecular weight is 314 g/mol. The number of carbonyl (C=O) groups is 1. The third-order valence-electron chi connectivity index (χ3n) is 3.04. The molecule has 6 nitrogen and oxygen atoms in total. The maximum Gasteiger partial charge on any atom is 0.253 e. The molecule has 1 amide bonds. The van der Waals surface area contributed by atoms with Crippen LogP contribution in [0, 0.1) is 0 Å². The van der Waals surface area contributed by atoms with E-state index in [1.165, 1.54) is 19.2 Å². The lowest BCUT2D eigenvalue weighted by Crippen LogP contribution is -2.31. The van der Waals surface area contributed by atoms with Crippen LogP contribution in [0.2, 0.25) is 0 Å². The highest BCUT2D eigenvalue weighted by Crippen LogP contribution is 2.13. The molecule has 1 aromatic carbocycles. The summed E-state index contributed by atoms with van der Waals surface area (Å²) in [4.78, 5) is 14.0. The van der Waals surface area contributed by atoms with Gasteiger partial charge in [0.05, 0.1) is 11.5 Å². The molecule has 0 aliphatic carbocycles. The number of methoxy groups -OCH3 is 1. The normalized spacial score (nSPS) is 11.4. The van der Waals surface area contributed by atoms with Gasteiger partial charge in [-0.1, -0.05) is 6.07 Å². The molecule has 0 fully saturated rings. The molecule has 0 aliphatic rings. The summed E-state index contributed by atoms with van der Waals surface area (Å²) >= 11 is 0. The zero-order valence-electron chi connectivity index (χ0n) is 12.6. The van der Waals surface area contributed by atoms with Gasteiger partial charge < -0.3 is 9.64 Å². The number of sulfonamides is 1. The van der Waals surface area contributed by atoms with Crippen molar-refractivity contribution >= 4 is 15.9 Å². The Hall–Kier alpha value is -1.44. The first-order chi connectivity index (χ1) is 9.96. The summed E-state index contributed by atoms with van der Waals surface area (Å²) < 4.78 is 31.4. The molecule has 1 rings (SSSR count). The molecular formula is C14H22N2O4S. The molecule has 0 spiro atoms. The molecule has 0 saturated carbocycles. The summed E-state index contributed by atoms with van der Waals surface area (Å²) in [7, 11) is -2.13. The van der Waals surface area contributed by atoms with Gasteiger partial charge >= 0.3 is 0 Å². The number of benzene rings is 1. The molecule has 118 valence electrons. The number of nitrogens with zero attached hydrogens (tertiary/aromatic N) is 1. The van der Waals surface area contributed by atoms with E-state index in [-0.39, 0.29) is 24.0 Å². The van der Waals surface area contributed by atoms with Gasteiger partial charge in [0, 0.05) is 32.3 Å². The molecule has 0 aliphatic heterocycles. The zero-order valence-corrected chi connectivity index (χ0v) is 13.4. The molecule has 0 unspecified atom stereocenters. The van der Waals surface area contributed by atoms with Crippen LogP contribution in [0.3, 0.4) is 0 Å². The number of rotatable bonds is 8. The first-order valence-electron chi connectivity index (χ1n) is 6.84. The Morgan fingerprint density at radius 3 is 2.52 bits per heavy atom. The molecule has 0 atom stereocenters. The number of carbonyl (C=O) groups excluding carboxylic acids is 1. The van der Waals surface area contributed by atoms with Crippen LogP contribution < -0.4 is 4.72 Å². The maximum atomic E-state index is 12.2. The van der Waals surface area contributed by atoms with E-state index in [9.17, 15) is 13.2 Å². The second-order valence-corrected chi connectivity index (χ2v) is 6.16. The fraction of sp³-hybridized carbons (Fsp3) is 0.500. The lowest BCUT2D eigenvalue weighted by atomic mass is 10.2. The quantitative estimate of drug-likeness (QED) is 0.729. The number of ether oxygens (including phenoxy) is 1. The Balaban J connectivity index is 2.97. The SMILES string of the molecule is CCN(CC)C(=O)c1cccc(S(=O)(=O)NCCOC)c1. The van der Waals surface area contributed by atoms with Crippen molar-refractivity contribution in [3.8, 4) is 0 Å². The van der Waals surface area contributed by atoms with Crippen LogP contribution in [0.25, 0.3) is 0 Å². The number of nitrogens with one attached hydrogen (secondary N) is 1. The molecule has 0 saturated heterocycles. The van der Waals surface area contributed by atoms with Crippen LogP contribution in [0.15, 0.2) is 29.2 Å². The van der Waals surface area contributed by atoms with E-state index in [0.717, 1.165) is 0 Å². The van der Waals surface area contributed by atoms with Crippen LogP contribution in [0.1, 0.15) is 24.2 Å². The minimum absolute atomic E-state index is 0.0802. The monoisotopic (exact) mass is 314 g/mol. The molecule has 21 heavy (non-hydrogen) atoms. The summed E-state index contributed by atoms with van der Waals surface area (Å²) in [5, 5.41) is 0. The number of hydrogen-bond donors (Lipinski definition) is 1. The number of hydrogen-bond acceptors (Lipinski definition) is 4. The van der Waals surface area contributed by atoms with E-state index in [2.05, 4.69) is 4.72 Å². The first kappa shape index (κ1) is 17.6. The minimum Gasteiger partial charge on any atom is -0.383 e. The lowest BCUT2D eigenvalue weighted by molar-refractivity contribution is 0.0772. The van der Waals surface area contributed by atoms with Crippen LogP contribution >= 0.6 is 0 Å². The molecule has 0 radical (unpaired) electrons. The van der Waals surface area contributed by atoms with Crippen molar-refractivity contribution in [2.45, 2.75) is 18.7 Å². The van der Waals surface area contributed by atoms with E-state index in [1.54, 1.807) is 17.0 Å². The highest BCUT2D eigenvalue weighted by molar-refractivity contribution is 7.89. The summed E-state index contributed by atoms with van der Waals surface area (Å²) in [6, 6.07) is 6.06. The predicted octanol–water partition coefficient (Wildman–Crippen LogP) is 1.09. The Labute approximate surface area is 126 Å². The van der Waals surface area contributed by atoms with Crippen LogP contribution in [0.4, 0.5) is 0 Å². The van der Waals surface area contributed by atoms with E-state index < -0.39 is 10.0 Å². The summed E-state index contributed by atoms with van der Waals surface area (Å²) in [6.07, 6.45) is 0. The van der Waals surface area contributed by atoms with Gasteiger partial charge in [-0.3, -0.25) is 4.79 Å². The van der Waals surface area contributed by atoms with Crippen molar-refractivity contribution in [1.29, 1.82) is 0 Å². The van der Waals surface area contributed by atoms with E-state index in [0.29, 0.717) is 18.7 Å². The van der Waals surface area contributed by atoms with Gasteiger partial charge in [0.1, 0.15) is 0 Å². The van der Waals surface area contributed by atoms with Crippen molar-refractivity contribution < 1.29 is 17.9 Å². The fourth-order valence-electron chi connectivity index (χ4n) is 1.85.